The SMILES string of the molecule is CC(C)(C)NCC(=O)N1CC=C(c2cc3c(Nc4ccc5ncsc5c4)ncnc3[nH]2)CC1. The number of nitrogens with zero attached hydrogens (tertiary/aromatic N) is 4. The van der Waals surface area contributed by atoms with E-state index in [9.17, 15) is 4.79 Å². The molecule has 0 spiro atoms. The molecule has 3 aromatic heterocycles. The van der Waals surface area contributed by atoms with Crippen molar-refractivity contribution >= 4 is 55.6 Å². The van der Waals surface area contributed by atoms with Gasteiger partial charge in [-0.05, 0) is 57.0 Å². The summed E-state index contributed by atoms with van der Waals surface area (Å²) in [6.45, 7) is 7.87. The third-order valence-corrected chi connectivity index (χ3v) is 6.49. The van der Waals surface area contributed by atoms with Crippen molar-refractivity contribution in [1.29, 1.82) is 0 Å². The number of hydrogen-bond donors (Lipinski definition) is 3. The van der Waals surface area contributed by atoms with Crippen molar-refractivity contribution in [3.8, 4) is 0 Å². The summed E-state index contributed by atoms with van der Waals surface area (Å²) in [6, 6.07) is 8.19. The number of fused-ring (bicyclic) bond motifs is 2. The topological polar surface area (TPSA) is 98.8 Å². The van der Waals surface area contributed by atoms with Crippen LogP contribution in [0.4, 0.5) is 11.5 Å². The summed E-state index contributed by atoms with van der Waals surface area (Å²) >= 11 is 1.62. The van der Waals surface area contributed by atoms with Crippen LogP contribution < -0.4 is 10.6 Å². The molecule has 0 saturated carbocycles. The minimum Gasteiger partial charge on any atom is -0.340 e. The summed E-state index contributed by atoms with van der Waals surface area (Å²) in [4.78, 5) is 31.0. The summed E-state index contributed by atoms with van der Waals surface area (Å²) < 4.78 is 1.13. The van der Waals surface area contributed by atoms with Gasteiger partial charge in [-0.2, -0.15) is 0 Å². The minimum absolute atomic E-state index is 0.0734. The number of amides is 1. The van der Waals surface area contributed by atoms with Crippen LogP contribution in [-0.2, 0) is 4.79 Å². The highest BCUT2D eigenvalue weighted by Crippen LogP contribution is 2.30. The Balaban J connectivity index is 1.33. The molecule has 0 aliphatic carbocycles. The highest BCUT2D eigenvalue weighted by atomic mass is 32.1. The van der Waals surface area contributed by atoms with Gasteiger partial charge in [0.25, 0.3) is 0 Å². The highest BCUT2D eigenvalue weighted by molar-refractivity contribution is 7.16. The van der Waals surface area contributed by atoms with E-state index in [1.165, 1.54) is 5.57 Å². The lowest BCUT2D eigenvalue weighted by Gasteiger charge is -2.28. The Labute approximate surface area is 196 Å². The maximum atomic E-state index is 12.5. The molecule has 4 heterocycles. The first-order valence-electron chi connectivity index (χ1n) is 11.0. The predicted octanol–water partition coefficient (Wildman–Crippen LogP) is 4.32. The zero-order valence-electron chi connectivity index (χ0n) is 19.0. The Bertz CT molecular complexity index is 1350. The molecule has 0 bridgehead atoms. The van der Waals surface area contributed by atoms with Crippen LogP contribution in [0.2, 0.25) is 0 Å². The molecule has 1 aliphatic rings. The average molecular weight is 462 g/mol. The molecular formula is C24H27N7OS. The van der Waals surface area contributed by atoms with Gasteiger partial charge in [0.1, 0.15) is 17.8 Å². The monoisotopic (exact) mass is 461 g/mol. The smallest absolute Gasteiger partial charge is 0.236 e. The molecule has 9 heteroatoms. The van der Waals surface area contributed by atoms with Crippen molar-refractivity contribution in [1.82, 2.24) is 30.2 Å². The molecular weight excluding hydrogens is 434 g/mol. The molecule has 4 aromatic rings. The Morgan fingerprint density at radius 3 is 2.88 bits per heavy atom. The number of anilines is 2. The third kappa shape index (κ3) is 4.74. The normalized spacial score (nSPS) is 14.6. The van der Waals surface area contributed by atoms with Gasteiger partial charge in [0.15, 0.2) is 0 Å². The number of nitrogens with one attached hydrogen (secondary N) is 3. The molecule has 33 heavy (non-hydrogen) atoms. The molecule has 1 amide bonds. The lowest BCUT2D eigenvalue weighted by molar-refractivity contribution is -0.130. The van der Waals surface area contributed by atoms with E-state index < -0.39 is 0 Å². The Kier molecular flexibility index (Phi) is 5.59. The largest absolute Gasteiger partial charge is 0.340 e. The maximum Gasteiger partial charge on any atom is 0.236 e. The van der Waals surface area contributed by atoms with Crippen molar-refractivity contribution in [2.45, 2.75) is 32.7 Å². The summed E-state index contributed by atoms with van der Waals surface area (Å²) in [6.07, 6.45) is 4.49. The van der Waals surface area contributed by atoms with Gasteiger partial charge in [-0.3, -0.25) is 4.79 Å². The van der Waals surface area contributed by atoms with E-state index in [0.717, 1.165) is 44.9 Å². The Morgan fingerprint density at radius 1 is 1.21 bits per heavy atom. The van der Waals surface area contributed by atoms with Gasteiger partial charge in [0, 0.05) is 30.0 Å². The lowest BCUT2D eigenvalue weighted by Crippen LogP contribution is -2.45. The summed E-state index contributed by atoms with van der Waals surface area (Å²) in [7, 11) is 0. The molecule has 1 aliphatic heterocycles. The van der Waals surface area contributed by atoms with Crippen molar-refractivity contribution in [3.63, 3.8) is 0 Å². The van der Waals surface area contributed by atoms with Crippen molar-refractivity contribution < 1.29 is 4.79 Å². The quantitative estimate of drug-likeness (QED) is 0.410. The second-order valence-corrected chi connectivity index (χ2v) is 10.1. The van der Waals surface area contributed by atoms with Crippen molar-refractivity contribution in [3.05, 3.63) is 47.9 Å². The van der Waals surface area contributed by atoms with Crippen LogP contribution >= 0.6 is 11.3 Å². The van der Waals surface area contributed by atoms with Crippen LogP contribution in [0.25, 0.3) is 26.8 Å². The van der Waals surface area contributed by atoms with Crippen molar-refractivity contribution in [2.75, 3.05) is 25.0 Å². The summed E-state index contributed by atoms with van der Waals surface area (Å²) in [5.41, 5.74) is 6.73. The molecule has 170 valence electrons. The molecule has 8 nitrogen and oxygen atoms in total. The first kappa shape index (κ1) is 21.5. The van der Waals surface area contributed by atoms with E-state index in [1.807, 2.05) is 22.5 Å². The molecule has 0 fully saturated rings. The predicted molar refractivity (Wildman–Crippen MR) is 134 cm³/mol. The van der Waals surface area contributed by atoms with E-state index in [1.54, 1.807) is 17.7 Å². The number of H-pyrrole nitrogens is 1. The van der Waals surface area contributed by atoms with Crippen LogP contribution in [0.3, 0.4) is 0 Å². The number of carbonyl (C=O) groups excluding carboxylic acids is 1. The van der Waals surface area contributed by atoms with E-state index >= 15 is 0 Å². The molecule has 3 N–H and O–H groups in total. The molecule has 0 atom stereocenters. The van der Waals surface area contributed by atoms with E-state index in [2.05, 4.69) is 69.5 Å². The Morgan fingerprint density at radius 2 is 2.09 bits per heavy atom. The molecule has 5 rings (SSSR count). The number of aromatic nitrogens is 4. The van der Waals surface area contributed by atoms with Crippen LogP contribution in [0.5, 0.6) is 0 Å². The number of carbonyl (C=O) groups is 1. The van der Waals surface area contributed by atoms with Crippen LogP contribution in [0.15, 0.2) is 42.2 Å². The van der Waals surface area contributed by atoms with Crippen LogP contribution in [0.1, 0.15) is 32.9 Å². The van der Waals surface area contributed by atoms with Gasteiger partial charge in [0.05, 0.1) is 27.7 Å². The zero-order valence-corrected chi connectivity index (χ0v) is 19.8. The first-order valence-corrected chi connectivity index (χ1v) is 11.9. The molecule has 1 aromatic carbocycles. The molecule has 0 radical (unpaired) electrons. The minimum atomic E-state index is -0.0734. The van der Waals surface area contributed by atoms with Gasteiger partial charge < -0.3 is 20.5 Å². The van der Waals surface area contributed by atoms with E-state index in [-0.39, 0.29) is 11.4 Å². The van der Waals surface area contributed by atoms with E-state index in [0.29, 0.717) is 19.6 Å². The average Bonchev–Trinajstić information content (AvgIpc) is 3.44. The van der Waals surface area contributed by atoms with Crippen LogP contribution in [-0.4, -0.2) is 55.9 Å². The third-order valence-electron chi connectivity index (χ3n) is 5.70. The molecule has 0 saturated heterocycles. The van der Waals surface area contributed by atoms with Gasteiger partial charge in [0.2, 0.25) is 5.91 Å². The maximum absolute atomic E-state index is 12.5. The zero-order chi connectivity index (χ0) is 23.0. The summed E-state index contributed by atoms with van der Waals surface area (Å²) in [5, 5.41) is 7.63. The first-order chi connectivity index (χ1) is 15.9. The van der Waals surface area contributed by atoms with Gasteiger partial charge in [-0.25, -0.2) is 15.0 Å². The fraction of sp³-hybridized carbons (Fsp3) is 0.333. The van der Waals surface area contributed by atoms with Gasteiger partial charge in [-0.15, -0.1) is 11.3 Å². The fourth-order valence-corrected chi connectivity index (χ4v) is 4.59. The number of hydrogen-bond acceptors (Lipinski definition) is 7. The Hall–Kier alpha value is -3.30. The number of rotatable bonds is 5. The second-order valence-electron chi connectivity index (χ2n) is 9.25. The fourth-order valence-electron chi connectivity index (χ4n) is 3.87. The van der Waals surface area contributed by atoms with Gasteiger partial charge >= 0.3 is 0 Å². The lowest BCUT2D eigenvalue weighted by atomic mass is 10.0. The van der Waals surface area contributed by atoms with Gasteiger partial charge in [-0.1, -0.05) is 6.08 Å². The number of benzene rings is 1. The van der Waals surface area contributed by atoms with E-state index in [4.69, 9.17) is 0 Å². The van der Waals surface area contributed by atoms with Crippen molar-refractivity contribution in [2.24, 2.45) is 0 Å². The van der Waals surface area contributed by atoms with Crippen LogP contribution in [0, 0.1) is 0 Å². The summed E-state index contributed by atoms with van der Waals surface area (Å²) in [5.74, 6) is 0.889. The standard InChI is InChI=1S/C24H27N7OS/c1-24(2,3)28-12-21(32)31-8-6-15(7-9-31)19-11-17-22(25-13-26-23(17)30-19)29-16-4-5-18-20(10-16)33-14-27-18/h4-6,10-11,13-14,28H,7-9,12H2,1-3H3,(H2,25,26,29,30). The molecule has 0 unspecified atom stereocenters. The number of aromatic amines is 1. The highest BCUT2D eigenvalue weighted by Gasteiger charge is 2.21. The number of thiazole rings is 1. The second kappa shape index (κ2) is 8.57.